The van der Waals surface area contributed by atoms with Crippen LogP contribution in [0.4, 0.5) is 5.69 Å². The lowest BCUT2D eigenvalue weighted by Crippen LogP contribution is -2.33. The van der Waals surface area contributed by atoms with Crippen LogP contribution >= 0.6 is 0 Å². The maximum Gasteiger partial charge on any atom is 0.262 e. The van der Waals surface area contributed by atoms with Crippen molar-refractivity contribution in [3.63, 3.8) is 0 Å². The van der Waals surface area contributed by atoms with Crippen LogP contribution < -0.4 is 20.1 Å². The number of piperidine rings is 1. The van der Waals surface area contributed by atoms with Gasteiger partial charge in [0.05, 0.1) is 12.3 Å². The summed E-state index contributed by atoms with van der Waals surface area (Å²) in [4.78, 5) is 11.3. The molecule has 0 saturated carbocycles. The molecular formula is C14H18N2O3. The number of amides is 1. The minimum atomic E-state index is -0.124. The van der Waals surface area contributed by atoms with Gasteiger partial charge in [-0.05, 0) is 31.5 Å². The molecule has 2 aliphatic rings. The van der Waals surface area contributed by atoms with Gasteiger partial charge in [-0.2, -0.15) is 0 Å². The predicted octanol–water partition coefficient (Wildman–Crippen LogP) is 1.40. The van der Waals surface area contributed by atoms with Crippen LogP contribution in [0.3, 0.4) is 0 Å². The van der Waals surface area contributed by atoms with E-state index in [0.717, 1.165) is 18.8 Å². The van der Waals surface area contributed by atoms with Crippen molar-refractivity contribution in [2.45, 2.75) is 12.8 Å². The number of hydrogen-bond acceptors (Lipinski definition) is 4. The summed E-state index contributed by atoms with van der Waals surface area (Å²) in [5.74, 6) is 1.91. The van der Waals surface area contributed by atoms with E-state index >= 15 is 0 Å². The van der Waals surface area contributed by atoms with E-state index in [1.54, 1.807) is 0 Å². The number of hydrogen-bond donors (Lipinski definition) is 2. The molecule has 0 aliphatic carbocycles. The van der Waals surface area contributed by atoms with Gasteiger partial charge in [0.25, 0.3) is 5.91 Å². The summed E-state index contributed by atoms with van der Waals surface area (Å²) in [6.07, 6.45) is 2.42. The van der Waals surface area contributed by atoms with E-state index < -0.39 is 0 Å². The summed E-state index contributed by atoms with van der Waals surface area (Å²) in [5, 5.41) is 6.15. The van der Waals surface area contributed by atoms with E-state index in [9.17, 15) is 4.79 Å². The number of ether oxygens (including phenoxy) is 2. The van der Waals surface area contributed by atoms with Crippen LogP contribution in [0.2, 0.25) is 0 Å². The fraction of sp³-hybridized carbons (Fsp3) is 0.500. The van der Waals surface area contributed by atoms with E-state index in [1.165, 1.54) is 12.8 Å². The van der Waals surface area contributed by atoms with E-state index in [2.05, 4.69) is 10.6 Å². The van der Waals surface area contributed by atoms with Crippen molar-refractivity contribution in [2.24, 2.45) is 5.92 Å². The zero-order valence-corrected chi connectivity index (χ0v) is 10.8. The van der Waals surface area contributed by atoms with E-state index in [-0.39, 0.29) is 12.5 Å². The maximum absolute atomic E-state index is 11.3. The lowest BCUT2D eigenvalue weighted by molar-refractivity contribution is -0.118. The largest absolute Gasteiger partial charge is 0.493 e. The van der Waals surface area contributed by atoms with Crippen molar-refractivity contribution in [1.82, 2.24) is 5.32 Å². The van der Waals surface area contributed by atoms with E-state index in [0.29, 0.717) is 24.0 Å². The molecule has 2 aliphatic heterocycles. The van der Waals surface area contributed by atoms with Gasteiger partial charge in [-0.1, -0.05) is 0 Å². The van der Waals surface area contributed by atoms with Gasteiger partial charge in [0, 0.05) is 18.5 Å². The Morgan fingerprint density at radius 2 is 2.37 bits per heavy atom. The molecule has 1 unspecified atom stereocenters. The molecule has 0 radical (unpaired) electrons. The van der Waals surface area contributed by atoms with Crippen LogP contribution in [0.25, 0.3) is 0 Å². The number of benzene rings is 1. The molecule has 0 aromatic heterocycles. The van der Waals surface area contributed by atoms with Gasteiger partial charge >= 0.3 is 0 Å². The molecule has 1 atom stereocenters. The average molecular weight is 262 g/mol. The molecule has 0 spiro atoms. The molecule has 19 heavy (non-hydrogen) atoms. The summed E-state index contributed by atoms with van der Waals surface area (Å²) in [7, 11) is 0. The molecule has 1 aromatic rings. The Morgan fingerprint density at radius 1 is 1.42 bits per heavy atom. The molecule has 2 N–H and O–H groups in total. The van der Waals surface area contributed by atoms with E-state index in [4.69, 9.17) is 9.47 Å². The number of nitrogens with one attached hydrogen (secondary N) is 2. The molecule has 1 saturated heterocycles. The zero-order valence-electron chi connectivity index (χ0n) is 10.8. The predicted molar refractivity (Wildman–Crippen MR) is 71.7 cm³/mol. The number of anilines is 1. The third-order valence-electron chi connectivity index (χ3n) is 3.47. The smallest absolute Gasteiger partial charge is 0.262 e. The molecule has 1 aromatic carbocycles. The quantitative estimate of drug-likeness (QED) is 0.864. The Kier molecular flexibility index (Phi) is 3.55. The zero-order chi connectivity index (χ0) is 13.1. The fourth-order valence-electron chi connectivity index (χ4n) is 2.43. The highest BCUT2D eigenvalue weighted by Gasteiger charge is 2.17. The highest BCUT2D eigenvalue weighted by atomic mass is 16.5. The number of carbonyl (C=O) groups is 1. The number of rotatable bonds is 3. The summed E-state index contributed by atoms with van der Waals surface area (Å²) >= 11 is 0. The average Bonchev–Trinajstić information content (AvgIpc) is 2.46. The van der Waals surface area contributed by atoms with Crippen LogP contribution in [-0.4, -0.2) is 32.2 Å². The first-order valence-electron chi connectivity index (χ1n) is 6.71. The monoisotopic (exact) mass is 262 g/mol. The summed E-state index contributed by atoms with van der Waals surface area (Å²) in [6, 6.07) is 5.54. The minimum Gasteiger partial charge on any atom is -0.493 e. The molecule has 2 heterocycles. The summed E-state index contributed by atoms with van der Waals surface area (Å²) < 4.78 is 11.1. The molecule has 0 bridgehead atoms. The number of carbonyl (C=O) groups excluding carboxylic acids is 1. The highest BCUT2D eigenvalue weighted by Crippen LogP contribution is 2.31. The van der Waals surface area contributed by atoms with Gasteiger partial charge in [0.15, 0.2) is 6.61 Å². The second kappa shape index (κ2) is 5.48. The van der Waals surface area contributed by atoms with E-state index in [1.807, 2.05) is 18.2 Å². The Morgan fingerprint density at radius 3 is 3.21 bits per heavy atom. The van der Waals surface area contributed by atoms with Gasteiger partial charge in [0.2, 0.25) is 0 Å². The lowest BCUT2D eigenvalue weighted by atomic mass is 10.0. The second-order valence-corrected chi connectivity index (χ2v) is 5.02. The topological polar surface area (TPSA) is 59.6 Å². The first-order chi connectivity index (χ1) is 9.31. The maximum atomic E-state index is 11.3. The van der Waals surface area contributed by atoms with Gasteiger partial charge in [-0.3, -0.25) is 4.79 Å². The molecular weight excluding hydrogens is 244 g/mol. The van der Waals surface area contributed by atoms with Crippen LogP contribution in [0.15, 0.2) is 18.2 Å². The van der Waals surface area contributed by atoms with Crippen LogP contribution in [0.1, 0.15) is 12.8 Å². The van der Waals surface area contributed by atoms with Gasteiger partial charge in [-0.25, -0.2) is 0 Å². The fourth-order valence-corrected chi connectivity index (χ4v) is 2.43. The lowest BCUT2D eigenvalue weighted by Gasteiger charge is -2.23. The Labute approximate surface area is 112 Å². The van der Waals surface area contributed by atoms with Crippen molar-refractivity contribution in [3.05, 3.63) is 18.2 Å². The Balaban J connectivity index is 1.61. The van der Waals surface area contributed by atoms with Crippen LogP contribution in [0, 0.1) is 5.92 Å². The first-order valence-corrected chi connectivity index (χ1v) is 6.71. The van der Waals surface area contributed by atoms with Crippen LogP contribution in [-0.2, 0) is 4.79 Å². The van der Waals surface area contributed by atoms with Gasteiger partial charge < -0.3 is 20.1 Å². The number of fused-ring (bicyclic) bond motifs is 1. The standard InChI is InChI=1S/C14H18N2O3/c17-14-9-19-13-4-3-11(6-12(13)16-14)18-8-10-2-1-5-15-7-10/h3-4,6,10,15H,1-2,5,7-9H2,(H,16,17). The third kappa shape index (κ3) is 2.98. The first kappa shape index (κ1) is 12.3. The highest BCUT2D eigenvalue weighted by molar-refractivity contribution is 5.95. The molecule has 102 valence electrons. The van der Waals surface area contributed by atoms with Crippen LogP contribution in [0.5, 0.6) is 11.5 Å². The van der Waals surface area contributed by atoms with Gasteiger partial charge in [0.1, 0.15) is 11.5 Å². The Bertz CT molecular complexity index is 470. The van der Waals surface area contributed by atoms with Crippen molar-refractivity contribution in [1.29, 1.82) is 0 Å². The summed E-state index contributed by atoms with van der Waals surface area (Å²) in [6.45, 7) is 2.92. The second-order valence-electron chi connectivity index (χ2n) is 5.02. The minimum absolute atomic E-state index is 0.0843. The SMILES string of the molecule is O=C1COc2ccc(OCC3CCCNC3)cc2N1. The normalized spacial score (nSPS) is 22.1. The molecule has 3 rings (SSSR count). The van der Waals surface area contributed by atoms with Crippen molar-refractivity contribution in [2.75, 3.05) is 31.6 Å². The van der Waals surface area contributed by atoms with Crippen molar-refractivity contribution < 1.29 is 14.3 Å². The molecule has 5 nitrogen and oxygen atoms in total. The van der Waals surface area contributed by atoms with Crippen molar-refractivity contribution >= 4 is 11.6 Å². The van der Waals surface area contributed by atoms with Crippen molar-refractivity contribution in [3.8, 4) is 11.5 Å². The van der Waals surface area contributed by atoms with Gasteiger partial charge in [-0.15, -0.1) is 0 Å². The Hall–Kier alpha value is -1.75. The molecule has 5 heteroatoms. The molecule has 1 fully saturated rings. The third-order valence-corrected chi connectivity index (χ3v) is 3.47. The summed E-state index contributed by atoms with van der Waals surface area (Å²) in [5.41, 5.74) is 0.690. The molecule has 1 amide bonds.